The number of hydrogen-bond acceptors (Lipinski definition) is 1. The summed E-state index contributed by atoms with van der Waals surface area (Å²) in [6.45, 7) is 0. The van der Waals surface area contributed by atoms with Crippen molar-refractivity contribution in [3.63, 3.8) is 0 Å². The number of rotatable bonds is 1. The van der Waals surface area contributed by atoms with Crippen LogP contribution in [0.2, 0.25) is 20.1 Å². The molecule has 0 unspecified atom stereocenters. The summed E-state index contributed by atoms with van der Waals surface area (Å²) < 4.78 is 0. The molecule has 0 radical (unpaired) electrons. The van der Waals surface area contributed by atoms with Crippen molar-refractivity contribution in [2.75, 3.05) is 5.32 Å². The first-order valence-corrected chi connectivity index (χ1v) is 8.93. The van der Waals surface area contributed by atoms with Crippen LogP contribution in [0, 0.1) is 5.92 Å². The number of allylic oxidation sites excluding steroid dienone is 2. The standard InChI is InChI=1S/C18H13Cl4N/c19-10-6-4-9(5-7-10)17-12-3-1-2-11(12)15-16(22)13(20)8-14(21)18(15)23-17/h1-2,4-8,11-12,17,23H,3H2/t11-,12+,17+/m1/s1. The molecule has 1 nitrogen and oxygen atoms in total. The van der Waals surface area contributed by atoms with Gasteiger partial charge >= 0.3 is 0 Å². The molecule has 1 aliphatic carbocycles. The molecule has 0 bridgehead atoms. The van der Waals surface area contributed by atoms with Crippen LogP contribution in [-0.2, 0) is 0 Å². The molecule has 3 atom stereocenters. The van der Waals surface area contributed by atoms with Crippen LogP contribution in [0.5, 0.6) is 0 Å². The summed E-state index contributed by atoms with van der Waals surface area (Å²) in [4.78, 5) is 0. The molecule has 5 heteroatoms. The van der Waals surface area contributed by atoms with Crippen LogP contribution in [0.25, 0.3) is 0 Å². The van der Waals surface area contributed by atoms with Gasteiger partial charge < -0.3 is 5.32 Å². The zero-order valence-corrected chi connectivity index (χ0v) is 15.0. The van der Waals surface area contributed by atoms with Gasteiger partial charge in [0.1, 0.15) is 0 Å². The Morgan fingerprint density at radius 3 is 2.43 bits per heavy atom. The van der Waals surface area contributed by atoms with Gasteiger partial charge in [0.05, 0.1) is 26.8 Å². The van der Waals surface area contributed by atoms with Gasteiger partial charge in [-0.25, -0.2) is 0 Å². The van der Waals surface area contributed by atoms with E-state index in [1.54, 1.807) is 6.07 Å². The van der Waals surface area contributed by atoms with E-state index >= 15 is 0 Å². The van der Waals surface area contributed by atoms with E-state index in [1.165, 1.54) is 5.56 Å². The molecule has 0 spiro atoms. The fraction of sp³-hybridized carbons (Fsp3) is 0.222. The second kappa shape index (κ2) is 5.89. The molecule has 2 aromatic carbocycles. The lowest BCUT2D eigenvalue weighted by Gasteiger charge is -2.38. The van der Waals surface area contributed by atoms with E-state index in [4.69, 9.17) is 46.4 Å². The van der Waals surface area contributed by atoms with Crippen LogP contribution in [0.3, 0.4) is 0 Å². The first-order chi connectivity index (χ1) is 11.1. The number of nitrogens with one attached hydrogen (secondary N) is 1. The van der Waals surface area contributed by atoms with Gasteiger partial charge in [-0.2, -0.15) is 0 Å². The summed E-state index contributed by atoms with van der Waals surface area (Å²) in [5.74, 6) is 0.603. The fourth-order valence-electron chi connectivity index (χ4n) is 3.66. The summed E-state index contributed by atoms with van der Waals surface area (Å²) in [7, 11) is 0. The van der Waals surface area contributed by atoms with E-state index in [9.17, 15) is 0 Å². The molecule has 23 heavy (non-hydrogen) atoms. The first-order valence-electron chi connectivity index (χ1n) is 7.42. The second-order valence-corrected chi connectivity index (χ2v) is 7.60. The van der Waals surface area contributed by atoms with Crippen molar-refractivity contribution in [1.29, 1.82) is 0 Å². The van der Waals surface area contributed by atoms with Gasteiger partial charge in [-0.15, -0.1) is 0 Å². The summed E-state index contributed by atoms with van der Waals surface area (Å²) in [5, 5.41) is 6.01. The molecular weight excluding hydrogens is 372 g/mol. The Morgan fingerprint density at radius 2 is 1.70 bits per heavy atom. The van der Waals surface area contributed by atoms with E-state index < -0.39 is 0 Å². The third kappa shape index (κ3) is 2.55. The third-order valence-electron chi connectivity index (χ3n) is 4.71. The van der Waals surface area contributed by atoms with Crippen molar-refractivity contribution in [2.45, 2.75) is 18.4 Å². The summed E-state index contributed by atoms with van der Waals surface area (Å²) >= 11 is 25.2. The molecule has 0 saturated carbocycles. The average Bonchev–Trinajstić information content (AvgIpc) is 3.02. The van der Waals surface area contributed by atoms with Gasteiger partial charge in [-0.05, 0) is 36.1 Å². The van der Waals surface area contributed by atoms with Gasteiger partial charge in [-0.1, -0.05) is 70.7 Å². The molecule has 0 fully saturated rings. The quantitative estimate of drug-likeness (QED) is 0.407. The zero-order valence-electron chi connectivity index (χ0n) is 12.0. The molecular formula is C18H13Cl4N. The van der Waals surface area contributed by atoms with E-state index in [0.29, 0.717) is 21.0 Å². The zero-order chi connectivity index (χ0) is 16.1. The maximum Gasteiger partial charge on any atom is 0.0656 e. The minimum Gasteiger partial charge on any atom is -0.376 e. The molecule has 2 aliphatic rings. The highest BCUT2D eigenvalue weighted by atomic mass is 35.5. The van der Waals surface area contributed by atoms with Gasteiger partial charge in [-0.3, -0.25) is 0 Å². The minimum absolute atomic E-state index is 0.162. The largest absolute Gasteiger partial charge is 0.376 e. The topological polar surface area (TPSA) is 12.0 Å². The van der Waals surface area contributed by atoms with Crippen molar-refractivity contribution in [1.82, 2.24) is 0 Å². The third-order valence-corrected chi connectivity index (χ3v) is 6.06. The van der Waals surface area contributed by atoms with Crippen LogP contribution in [0.1, 0.15) is 29.5 Å². The van der Waals surface area contributed by atoms with Crippen molar-refractivity contribution in [3.05, 3.63) is 73.7 Å². The summed E-state index contributed by atoms with van der Waals surface area (Å²) in [6, 6.07) is 9.82. The highest BCUT2D eigenvalue weighted by molar-refractivity contribution is 6.44. The van der Waals surface area contributed by atoms with Crippen LogP contribution < -0.4 is 5.32 Å². The normalized spacial score (nSPS) is 25.0. The second-order valence-electron chi connectivity index (χ2n) is 5.97. The average molecular weight is 385 g/mol. The predicted octanol–water partition coefficient (Wildman–Crippen LogP) is 7.13. The first kappa shape index (κ1) is 15.7. The molecule has 1 aliphatic heterocycles. The van der Waals surface area contributed by atoms with Crippen LogP contribution >= 0.6 is 46.4 Å². The molecule has 4 rings (SSSR count). The highest BCUT2D eigenvalue weighted by Gasteiger charge is 2.40. The molecule has 0 aromatic heterocycles. The van der Waals surface area contributed by atoms with Gasteiger partial charge in [0.25, 0.3) is 0 Å². The van der Waals surface area contributed by atoms with Gasteiger partial charge in [0.2, 0.25) is 0 Å². The molecule has 0 amide bonds. The van der Waals surface area contributed by atoms with E-state index in [-0.39, 0.29) is 12.0 Å². The van der Waals surface area contributed by atoms with Crippen molar-refractivity contribution < 1.29 is 0 Å². The Balaban J connectivity index is 1.86. The van der Waals surface area contributed by atoms with Gasteiger partial charge in [0, 0.05) is 16.5 Å². The number of halogens is 4. The molecule has 0 saturated heterocycles. The van der Waals surface area contributed by atoms with Crippen molar-refractivity contribution in [2.24, 2.45) is 5.92 Å². The Morgan fingerprint density at radius 1 is 0.957 bits per heavy atom. The number of anilines is 1. The van der Waals surface area contributed by atoms with Crippen molar-refractivity contribution in [3.8, 4) is 0 Å². The number of hydrogen-bond donors (Lipinski definition) is 1. The SMILES string of the molecule is Clc1ccc([C@@H]2Nc3c(Cl)cc(Cl)c(Cl)c3[C@@H]3C=CC[C@@H]32)cc1. The van der Waals surface area contributed by atoms with Gasteiger partial charge in [0.15, 0.2) is 0 Å². The van der Waals surface area contributed by atoms with Crippen LogP contribution in [0.4, 0.5) is 5.69 Å². The predicted molar refractivity (Wildman–Crippen MR) is 99.3 cm³/mol. The lowest BCUT2D eigenvalue weighted by molar-refractivity contribution is 0.426. The smallest absolute Gasteiger partial charge is 0.0656 e. The molecule has 118 valence electrons. The number of benzene rings is 2. The Labute approximate surface area is 155 Å². The lowest BCUT2D eigenvalue weighted by atomic mass is 9.77. The Bertz CT molecular complexity index is 798. The lowest BCUT2D eigenvalue weighted by Crippen LogP contribution is -2.29. The van der Waals surface area contributed by atoms with E-state index in [1.807, 2.05) is 12.1 Å². The monoisotopic (exact) mass is 383 g/mol. The summed E-state index contributed by atoms with van der Waals surface area (Å²) in [5.41, 5.74) is 3.09. The van der Waals surface area contributed by atoms with Crippen molar-refractivity contribution >= 4 is 52.1 Å². The Hall–Kier alpha value is -0.860. The molecule has 2 aromatic rings. The van der Waals surface area contributed by atoms with Crippen LogP contribution in [0.15, 0.2) is 42.5 Å². The van der Waals surface area contributed by atoms with Crippen LogP contribution in [-0.4, -0.2) is 0 Å². The maximum absolute atomic E-state index is 6.48. The molecule has 1 N–H and O–H groups in total. The number of fused-ring (bicyclic) bond motifs is 3. The fourth-order valence-corrected chi connectivity index (χ4v) is 4.60. The highest BCUT2D eigenvalue weighted by Crippen LogP contribution is 2.54. The minimum atomic E-state index is 0.162. The van der Waals surface area contributed by atoms with E-state index in [0.717, 1.165) is 22.7 Å². The maximum atomic E-state index is 6.48. The van der Waals surface area contributed by atoms with E-state index in [2.05, 4.69) is 29.6 Å². The molecule has 1 heterocycles. The Kier molecular flexibility index (Phi) is 4.01. The summed E-state index contributed by atoms with van der Waals surface area (Å²) in [6.07, 6.45) is 5.41.